The first kappa shape index (κ1) is 25.6. The smallest absolute Gasteiger partial charge is 0.410 e. The maximum Gasteiger partial charge on any atom is 0.410 e. The average Bonchev–Trinajstić information content (AvgIpc) is 3.32. The summed E-state index contributed by atoms with van der Waals surface area (Å²) in [6.45, 7) is 11.0. The van der Waals surface area contributed by atoms with E-state index in [1.165, 1.54) is 43.2 Å². The van der Waals surface area contributed by atoms with Gasteiger partial charge in [0.15, 0.2) is 0 Å². The van der Waals surface area contributed by atoms with E-state index in [1.807, 2.05) is 37.9 Å². The molecule has 2 aliphatic rings. The van der Waals surface area contributed by atoms with E-state index in [-0.39, 0.29) is 6.09 Å². The van der Waals surface area contributed by atoms with Crippen LogP contribution in [0.4, 0.5) is 10.5 Å². The number of carbonyl (C=O) groups excluding carboxylic acids is 1. The molecule has 1 aliphatic carbocycles. The Morgan fingerprint density at radius 3 is 2.51 bits per heavy atom. The zero-order valence-corrected chi connectivity index (χ0v) is 22.8. The van der Waals surface area contributed by atoms with Gasteiger partial charge in [-0.15, -0.1) is 0 Å². The number of anilines is 1. The Bertz CT molecular complexity index is 1210. The summed E-state index contributed by atoms with van der Waals surface area (Å²) >= 11 is 0. The molecule has 7 nitrogen and oxygen atoms in total. The Morgan fingerprint density at radius 1 is 1.03 bits per heavy atom. The molecule has 0 N–H and O–H groups in total. The lowest BCUT2D eigenvalue weighted by Gasteiger charge is -2.37. The molecule has 2 aromatic heterocycles. The summed E-state index contributed by atoms with van der Waals surface area (Å²) in [6, 6.07) is 10.6. The van der Waals surface area contributed by atoms with Gasteiger partial charge in [-0.05, 0) is 63.3 Å². The number of ether oxygens (including phenoxy) is 1. The van der Waals surface area contributed by atoms with E-state index in [9.17, 15) is 4.79 Å². The lowest BCUT2D eigenvalue weighted by atomic mass is 9.81. The number of fused-ring (bicyclic) bond motifs is 1. The van der Waals surface area contributed by atoms with Crippen LogP contribution in [0.25, 0.3) is 16.7 Å². The largest absolute Gasteiger partial charge is 0.444 e. The van der Waals surface area contributed by atoms with Crippen LogP contribution in [0.2, 0.25) is 0 Å². The van der Waals surface area contributed by atoms with E-state index < -0.39 is 5.60 Å². The lowest BCUT2D eigenvalue weighted by Crippen LogP contribution is -2.50. The van der Waals surface area contributed by atoms with Crippen LogP contribution < -0.4 is 4.90 Å². The number of nitrogens with zero attached hydrogens (tertiary/aromatic N) is 5. The number of hydrogen-bond acceptors (Lipinski definition) is 5. The molecule has 7 heteroatoms. The van der Waals surface area contributed by atoms with E-state index in [0.717, 1.165) is 48.5 Å². The molecule has 3 aromatic rings. The van der Waals surface area contributed by atoms with Crippen LogP contribution in [0.3, 0.4) is 0 Å². The highest BCUT2D eigenvalue weighted by Gasteiger charge is 2.27. The topological polar surface area (TPSA) is 63.5 Å². The predicted octanol–water partition coefficient (Wildman–Crippen LogP) is 6.24. The minimum absolute atomic E-state index is 0.228. The van der Waals surface area contributed by atoms with Gasteiger partial charge in [0.05, 0.1) is 5.52 Å². The van der Waals surface area contributed by atoms with Crippen molar-refractivity contribution in [2.75, 3.05) is 31.1 Å². The second kappa shape index (κ2) is 10.7. The van der Waals surface area contributed by atoms with Crippen LogP contribution >= 0.6 is 0 Å². The Balaban J connectivity index is 1.27. The predicted molar refractivity (Wildman–Crippen MR) is 148 cm³/mol. The SMILES string of the molecule is CC1CCC(CCc2nccc(-n3ccc4c(N5CCN(C(=O)OC(C)(C)C)CC5)cccc43)n2)CC1. The van der Waals surface area contributed by atoms with Gasteiger partial charge < -0.3 is 19.1 Å². The van der Waals surface area contributed by atoms with Crippen molar-refractivity contribution in [3.05, 3.63) is 48.5 Å². The van der Waals surface area contributed by atoms with Crippen LogP contribution in [0.15, 0.2) is 42.7 Å². The van der Waals surface area contributed by atoms with Gasteiger partial charge in [-0.25, -0.2) is 14.8 Å². The van der Waals surface area contributed by atoms with Crippen molar-refractivity contribution in [2.45, 2.75) is 71.8 Å². The van der Waals surface area contributed by atoms with Gasteiger partial charge in [-0.3, -0.25) is 0 Å². The number of piperazine rings is 1. The zero-order valence-electron chi connectivity index (χ0n) is 22.8. The summed E-state index contributed by atoms with van der Waals surface area (Å²) in [5.74, 6) is 3.56. The molecule has 1 aromatic carbocycles. The third-order valence-corrected chi connectivity index (χ3v) is 7.83. The monoisotopic (exact) mass is 503 g/mol. The summed E-state index contributed by atoms with van der Waals surface area (Å²) in [5, 5.41) is 1.20. The van der Waals surface area contributed by atoms with Crippen molar-refractivity contribution in [1.29, 1.82) is 0 Å². The van der Waals surface area contributed by atoms with Crippen molar-refractivity contribution in [3.8, 4) is 5.82 Å². The molecule has 0 radical (unpaired) electrons. The van der Waals surface area contributed by atoms with Crippen LogP contribution in [-0.4, -0.2) is 57.3 Å². The zero-order chi connectivity index (χ0) is 26.0. The van der Waals surface area contributed by atoms with E-state index in [2.05, 4.69) is 51.8 Å². The van der Waals surface area contributed by atoms with E-state index in [4.69, 9.17) is 9.72 Å². The number of aromatic nitrogens is 3. The quantitative estimate of drug-likeness (QED) is 0.413. The van der Waals surface area contributed by atoms with Crippen molar-refractivity contribution < 1.29 is 9.53 Å². The fourth-order valence-electron chi connectivity index (χ4n) is 5.68. The van der Waals surface area contributed by atoms with Gasteiger partial charge >= 0.3 is 6.09 Å². The number of amides is 1. The minimum atomic E-state index is -0.474. The van der Waals surface area contributed by atoms with Gasteiger partial charge in [0.2, 0.25) is 0 Å². The highest BCUT2D eigenvalue weighted by atomic mass is 16.6. The van der Waals surface area contributed by atoms with Crippen molar-refractivity contribution >= 4 is 22.7 Å². The lowest BCUT2D eigenvalue weighted by molar-refractivity contribution is 0.0240. The van der Waals surface area contributed by atoms with E-state index in [1.54, 1.807) is 0 Å². The highest BCUT2D eigenvalue weighted by Crippen LogP contribution is 2.32. The molecular formula is C30H41N5O2. The van der Waals surface area contributed by atoms with Crippen molar-refractivity contribution in [2.24, 2.45) is 11.8 Å². The molecule has 0 bridgehead atoms. The molecular weight excluding hydrogens is 462 g/mol. The molecule has 5 rings (SSSR count). The fraction of sp³-hybridized carbons (Fsp3) is 0.567. The molecule has 3 heterocycles. The molecule has 1 aliphatic heterocycles. The average molecular weight is 504 g/mol. The molecule has 37 heavy (non-hydrogen) atoms. The summed E-state index contributed by atoms with van der Waals surface area (Å²) in [7, 11) is 0. The standard InChI is InChI=1S/C30H41N5O2/c1-22-8-10-23(11-9-22)12-13-27-31-16-14-28(32-27)35-17-15-24-25(6-5-7-26(24)35)33-18-20-34(21-19-33)29(36)37-30(2,3)4/h5-7,14-17,22-23H,8-13,18-21H2,1-4H3. The Morgan fingerprint density at radius 2 is 1.78 bits per heavy atom. The molecule has 0 unspecified atom stereocenters. The molecule has 0 atom stereocenters. The number of benzene rings is 1. The third-order valence-electron chi connectivity index (χ3n) is 7.83. The van der Waals surface area contributed by atoms with Crippen LogP contribution in [0, 0.1) is 11.8 Å². The Kier molecular flexibility index (Phi) is 7.40. The van der Waals surface area contributed by atoms with Gasteiger partial charge in [0, 0.05) is 56.1 Å². The number of hydrogen-bond donors (Lipinski definition) is 0. The van der Waals surface area contributed by atoms with Crippen LogP contribution in [-0.2, 0) is 11.2 Å². The Labute approximate surface area is 220 Å². The minimum Gasteiger partial charge on any atom is -0.444 e. The molecule has 198 valence electrons. The molecule has 0 spiro atoms. The first-order valence-corrected chi connectivity index (χ1v) is 13.9. The molecule has 1 saturated heterocycles. The molecule has 1 amide bonds. The summed E-state index contributed by atoms with van der Waals surface area (Å²) < 4.78 is 7.73. The second-order valence-corrected chi connectivity index (χ2v) is 11.8. The number of carbonyl (C=O) groups is 1. The van der Waals surface area contributed by atoms with Crippen molar-refractivity contribution in [1.82, 2.24) is 19.4 Å². The van der Waals surface area contributed by atoms with E-state index in [0.29, 0.717) is 13.1 Å². The Hall–Kier alpha value is -3.09. The molecule has 2 fully saturated rings. The normalized spacial score (nSPS) is 20.9. The van der Waals surface area contributed by atoms with Gasteiger partial charge in [0.1, 0.15) is 17.2 Å². The first-order valence-electron chi connectivity index (χ1n) is 13.9. The van der Waals surface area contributed by atoms with Gasteiger partial charge in [-0.2, -0.15) is 0 Å². The first-order chi connectivity index (χ1) is 17.8. The van der Waals surface area contributed by atoms with Crippen LogP contribution in [0.5, 0.6) is 0 Å². The third kappa shape index (κ3) is 6.08. The van der Waals surface area contributed by atoms with E-state index >= 15 is 0 Å². The summed E-state index contributed by atoms with van der Waals surface area (Å²) in [4.78, 5) is 26.2. The maximum atomic E-state index is 12.5. The number of rotatable bonds is 5. The van der Waals surface area contributed by atoms with Crippen molar-refractivity contribution in [3.63, 3.8) is 0 Å². The maximum absolute atomic E-state index is 12.5. The second-order valence-electron chi connectivity index (χ2n) is 11.8. The highest BCUT2D eigenvalue weighted by molar-refractivity contribution is 5.94. The number of aryl methyl sites for hydroxylation is 1. The van der Waals surface area contributed by atoms with Crippen LogP contribution in [0.1, 0.15) is 65.6 Å². The summed E-state index contributed by atoms with van der Waals surface area (Å²) in [5.41, 5.74) is 1.86. The van der Waals surface area contributed by atoms with Gasteiger partial charge in [-0.1, -0.05) is 38.7 Å². The summed E-state index contributed by atoms with van der Waals surface area (Å²) in [6.07, 6.45) is 11.3. The molecule has 1 saturated carbocycles. The van der Waals surface area contributed by atoms with Gasteiger partial charge in [0.25, 0.3) is 0 Å². The fourth-order valence-corrected chi connectivity index (χ4v) is 5.68.